The summed E-state index contributed by atoms with van der Waals surface area (Å²) in [5.74, 6) is -0.171. The van der Waals surface area contributed by atoms with E-state index in [9.17, 15) is 9.90 Å². The first kappa shape index (κ1) is 13.8. The van der Waals surface area contributed by atoms with E-state index < -0.39 is 11.9 Å². The molecule has 3 heterocycles. The number of nitrogens with zero attached hydrogens (tertiary/aromatic N) is 3. The van der Waals surface area contributed by atoms with E-state index in [0.717, 1.165) is 24.4 Å². The zero-order valence-corrected chi connectivity index (χ0v) is 11.9. The Kier molecular flexibility index (Phi) is 3.74. The van der Waals surface area contributed by atoms with Gasteiger partial charge < -0.3 is 19.7 Å². The molecule has 1 fully saturated rings. The third-order valence-corrected chi connectivity index (χ3v) is 3.72. The van der Waals surface area contributed by atoms with Crippen LogP contribution in [0.5, 0.6) is 0 Å². The standard InChI is InChI=1S/C14H18N4O3/c1-2-9(14(19)20)12-15-10-3-4-11(16-13(10)17-12)18-5-7-21-8-6-18/h3-4,9H,2,5-8H2,1H3,(H,19,20)(H,15,16,17). The Morgan fingerprint density at radius 3 is 2.86 bits per heavy atom. The zero-order chi connectivity index (χ0) is 14.8. The smallest absolute Gasteiger partial charge is 0.314 e. The number of fused-ring (bicyclic) bond motifs is 1. The van der Waals surface area contributed by atoms with Crippen LogP contribution in [0.4, 0.5) is 5.82 Å². The minimum atomic E-state index is -0.870. The first-order valence-corrected chi connectivity index (χ1v) is 7.11. The molecule has 1 atom stereocenters. The molecule has 0 amide bonds. The van der Waals surface area contributed by atoms with Crippen molar-refractivity contribution in [1.29, 1.82) is 0 Å². The lowest BCUT2D eigenvalue weighted by atomic mass is 10.1. The molecule has 1 saturated heterocycles. The molecule has 2 aromatic rings. The fourth-order valence-electron chi connectivity index (χ4n) is 2.52. The number of pyridine rings is 1. The quantitative estimate of drug-likeness (QED) is 0.883. The summed E-state index contributed by atoms with van der Waals surface area (Å²) in [4.78, 5) is 25.3. The van der Waals surface area contributed by atoms with Crippen molar-refractivity contribution in [3.63, 3.8) is 0 Å². The molecule has 7 nitrogen and oxygen atoms in total. The molecule has 0 radical (unpaired) electrons. The van der Waals surface area contributed by atoms with Crippen LogP contribution in [0.2, 0.25) is 0 Å². The lowest BCUT2D eigenvalue weighted by Crippen LogP contribution is -2.36. The van der Waals surface area contributed by atoms with Gasteiger partial charge in [0.25, 0.3) is 0 Å². The highest BCUT2D eigenvalue weighted by Crippen LogP contribution is 2.22. The van der Waals surface area contributed by atoms with E-state index in [1.54, 1.807) is 0 Å². The molecule has 21 heavy (non-hydrogen) atoms. The van der Waals surface area contributed by atoms with Crippen LogP contribution < -0.4 is 4.90 Å². The van der Waals surface area contributed by atoms with Crippen molar-refractivity contribution in [3.8, 4) is 0 Å². The molecule has 1 aliphatic heterocycles. The molecule has 3 rings (SSSR count). The van der Waals surface area contributed by atoms with E-state index in [-0.39, 0.29) is 0 Å². The van der Waals surface area contributed by atoms with Crippen LogP contribution >= 0.6 is 0 Å². The number of imidazole rings is 1. The van der Waals surface area contributed by atoms with Gasteiger partial charge in [-0.1, -0.05) is 6.92 Å². The third kappa shape index (κ3) is 2.69. The largest absolute Gasteiger partial charge is 0.481 e. The number of nitrogens with one attached hydrogen (secondary N) is 1. The van der Waals surface area contributed by atoms with Gasteiger partial charge in [0, 0.05) is 13.1 Å². The molecule has 0 aliphatic carbocycles. The number of aromatic nitrogens is 3. The summed E-state index contributed by atoms with van der Waals surface area (Å²) in [5, 5.41) is 9.21. The van der Waals surface area contributed by atoms with Gasteiger partial charge in [0.1, 0.15) is 17.6 Å². The number of carbonyl (C=O) groups is 1. The summed E-state index contributed by atoms with van der Waals surface area (Å²) < 4.78 is 5.33. The fourth-order valence-corrected chi connectivity index (χ4v) is 2.52. The Hall–Kier alpha value is -2.15. The molecular weight excluding hydrogens is 272 g/mol. The van der Waals surface area contributed by atoms with Gasteiger partial charge in [-0.3, -0.25) is 4.79 Å². The summed E-state index contributed by atoms with van der Waals surface area (Å²) >= 11 is 0. The summed E-state index contributed by atoms with van der Waals surface area (Å²) in [6.45, 7) is 4.84. The molecular formula is C14H18N4O3. The normalized spacial score (nSPS) is 17.1. The Morgan fingerprint density at radius 1 is 1.43 bits per heavy atom. The topological polar surface area (TPSA) is 91.3 Å². The molecule has 1 unspecified atom stereocenters. The number of rotatable bonds is 4. The first-order chi connectivity index (χ1) is 10.2. The number of carboxylic acid groups (broad SMARTS) is 1. The van der Waals surface area contributed by atoms with E-state index in [4.69, 9.17) is 4.74 Å². The van der Waals surface area contributed by atoms with Crippen LogP contribution in [0.3, 0.4) is 0 Å². The van der Waals surface area contributed by atoms with E-state index in [0.29, 0.717) is 31.1 Å². The highest BCUT2D eigenvalue weighted by Gasteiger charge is 2.22. The van der Waals surface area contributed by atoms with Crippen LogP contribution in [0.25, 0.3) is 11.2 Å². The molecule has 0 spiro atoms. The first-order valence-electron chi connectivity index (χ1n) is 7.11. The highest BCUT2D eigenvalue weighted by molar-refractivity contribution is 5.78. The second-order valence-electron chi connectivity index (χ2n) is 5.06. The molecule has 2 N–H and O–H groups in total. The molecule has 0 bridgehead atoms. The van der Waals surface area contributed by atoms with Gasteiger partial charge >= 0.3 is 5.97 Å². The van der Waals surface area contributed by atoms with Crippen LogP contribution in [-0.2, 0) is 9.53 Å². The summed E-state index contributed by atoms with van der Waals surface area (Å²) in [6, 6.07) is 3.83. The maximum absolute atomic E-state index is 11.2. The van der Waals surface area contributed by atoms with Crippen molar-refractivity contribution in [1.82, 2.24) is 15.0 Å². The van der Waals surface area contributed by atoms with Gasteiger partial charge in [-0.25, -0.2) is 9.97 Å². The number of morpholine rings is 1. The van der Waals surface area contributed by atoms with Gasteiger partial charge in [0.2, 0.25) is 0 Å². The number of H-pyrrole nitrogens is 1. The van der Waals surface area contributed by atoms with Crippen molar-refractivity contribution in [2.75, 3.05) is 31.2 Å². The number of hydrogen-bond acceptors (Lipinski definition) is 5. The highest BCUT2D eigenvalue weighted by atomic mass is 16.5. The number of aromatic amines is 1. The van der Waals surface area contributed by atoms with Crippen molar-refractivity contribution < 1.29 is 14.6 Å². The van der Waals surface area contributed by atoms with E-state index in [2.05, 4.69) is 19.9 Å². The molecule has 1 aliphatic rings. The monoisotopic (exact) mass is 290 g/mol. The minimum Gasteiger partial charge on any atom is -0.481 e. The second kappa shape index (κ2) is 5.69. The predicted octanol–water partition coefficient (Wildman–Crippen LogP) is 1.37. The van der Waals surface area contributed by atoms with Crippen molar-refractivity contribution in [3.05, 3.63) is 18.0 Å². The Morgan fingerprint density at radius 2 is 2.19 bits per heavy atom. The summed E-state index contributed by atoms with van der Waals surface area (Å²) in [5.41, 5.74) is 1.33. The number of anilines is 1. The number of hydrogen-bond donors (Lipinski definition) is 2. The Bertz CT molecular complexity index is 649. The van der Waals surface area contributed by atoms with Crippen LogP contribution in [0.15, 0.2) is 12.1 Å². The van der Waals surface area contributed by atoms with Crippen molar-refractivity contribution in [2.24, 2.45) is 0 Å². The summed E-state index contributed by atoms with van der Waals surface area (Å²) in [7, 11) is 0. The van der Waals surface area contributed by atoms with Crippen LogP contribution in [-0.4, -0.2) is 52.3 Å². The van der Waals surface area contributed by atoms with Crippen molar-refractivity contribution >= 4 is 23.0 Å². The molecule has 0 aromatic carbocycles. The molecule has 7 heteroatoms. The van der Waals surface area contributed by atoms with Gasteiger partial charge in [0.05, 0.1) is 18.7 Å². The number of carboxylic acids is 1. The van der Waals surface area contributed by atoms with Gasteiger partial charge in [-0.05, 0) is 18.6 Å². The predicted molar refractivity (Wildman–Crippen MR) is 77.6 cm³/mol. The minimum absolute atomic E-state index is 0.464. The Balaban J connectivity index is 1.92. The van der Waals surface area contributed by atoms with Gasteiger partial charge in [0.15, 0.2) is 5.65 Å². The van der Waals surface area contributed by atoms with Gasteiger partial charge in [-0.15, -0.1) is 0 Å². The maximum Gasteiger partial charge on any atom is 0.314 e. The van der Waals surface area contributed by atoms with Crippen molar-refractivity contribution in [2.45, 2.75) is 19.3 Å². The van der Waals surface area contributed by atoms with Crippen LogP contribution in [0.1, 0.15) is 25.1 Å². The van der Waals surface area contributed by atoms with Gasteiger partial charge in [-0.2, -0.15) is 0 Å². The molecule has 112 valence electrons. The summed E-state index contributed by atoms with van der Waals surface area (Å²) in [6.07, 6.45) is 0.492. The zero-order valence-electron chi connectivity index (χ0n) is 11.9. The molecule has 0 saturated carbocycles. The van der Waals surface area contributed by atoms with Crippen LogP contribution in [0, 0.1) is 0 Å². The van der Waals surface area contributed by atoms with E-state index >= 15 is 0 Å². The number of ether oxygens (including phenoxy) is 1. The second-order valence-corrected chi connectivity index (χ2v) is 5.06. The van der Waals surface area contributed by atoms with E-state index in [1.165, 1.54) is 0 Å². The maximum atomic E-state index is 11.2. The average Bonchev–Trinajstić information content (AvgIpc) is 2.90. The number of aliphatic carboxylic acids is 1. The third-order valence-electron chi connectivity index (χ3n) is 3.72. The Labute approximate surface area is 122 Å². The van der Waals surface area contributed by atoms with E-state index in [1.807, 2.05) is 19.1 Å². The molecule has 2 aromatic heterocycles. The fraction of sp³-hybridized carbons (Fsp3) is 0.500. The lowest BCUT2D eigenvalue weighted by Gasteiger charge is -2.27. The lowest BCUT2D eigenvalue weighted by molar-refractivity contribution is -0.139. The SMILES string of the molecule is CCC(C(=O)O)c1nc2nc(N3CCOCC3)ccc2[nH]1. The average molecular weight is 290 g/mol.